The standard InChI is InChI=1S/C17H26N2O/c1-12(2)13(3)17(20)19-11-9-15-7-4-6-14-8-5-10-18-16(14)15/h4,6-7,12-13,18H,5,8-11H2,1-3H3,(H,19,20). The van der Waals surface area contributed by atoms with Crippen LogP contribution in [-0.2, 0) is 17.6 Å². The molecule has 1 aromatic rings. The van der Waals surface area contributed by atoms with E-state index in [0.717, 1.165) is 19.4 Å². The average Bonchev–Trinajstić information content (AvgIpc) is 2.46. The van der Waals surface area contributed by atoms with E-state index in [9.17, 15) is 4.79 Å². The van der Waals surface area contributed by atoms with Crippen molar-refractivity contribution in [2.75, 3.05) is 18.4 Å². The van der Waals surface area contributed by atoms with Crippen molar-refractivity contribution < 1.29 is 4.79 Å². The van der Waals surface area contributed by atoms with Gasteiger partial charge >= 0.3 is 0 Å². The van der Waals surface area contributed by atoms with E-state index in [0.29, 0.717) is 12.5 Å². The highest BCUT2D eigenvalue weighted by Gasteiger charge is 2.16. The number of nitrogens with one attached hydrogen (secondary N) is 2. The maximum atomic E-state index is 11.9. The van der Waals surface area contributed by atoms with E-state index in [1.54, 1.807) is 0 Å². The number of hydrogen-bond donors (Lipinski definition) is 2. The van der Waals surface area contributed by atoms with Crippen LogP contribution < -0.4 is 10.6 Å². The molecule has 0 spiro atoms. The third-order valence-electron chi connectivity index (χ3n) is 4.27. The van der Waals surface area contributed by atoms with Crippen LogP contribution in [0.15, 0.2) is 18.2 Å². The summed E-state index contributed by atoms with van der Waals surface area (Å²) < 4.78 is 0. The van der Waals surface area contributed by atoms with Gasteiger partial charge in [0, 0.05) is 24.7 Å². The topological polar surface area (TPSA) is 41.1 Å². The van der Waals surface area contributed by atoms with Crippen molar-refractivity contribution in [2.24, 2.45) is 11.8 Å². The number of benzene rings is 1. The van der Waals surface area contributed by atoms with Crippen LogP contribution in [0.3, 0.4) is 0 Å². The highest BCUT2D eigenvalue weighted by molar-refractivity contribution is 5.78. The molecule has 0 fully saturated rings. The monoisotopic (exact) mass is 274 g/mol. The fourth-order valence-corrected chi connectivity index (χ4v) is 2.57. The Morgan fingerprint density at radius 1 is 1.35 bits per heavy atom. The lowest BCUT2D eigenvalue weighted by Crippen LogP contribution is -2.33. The van der Waals surface area contributed by atoms with Crippen molar-refractivity contribution in [3.8, 4) is 0 Å². The van der Waals surface area contributed by atoms with Crippen LogP contribution in [0.25, 0.3) is 0 Å². The minimum atomic E-state index is 0.0813. The lowest BCUT2D eigenvalue weighted by atomic mass is 9.96. The second kappa shape index (κ2) is 6.78. The Kier molecular flexibility index (Phi) is 5.05. The number of carbonyl (C=O) groups excluding carboxylic acids is 1. The number of rotatable bonds is 5. The number of aryl methyl sites for hydroxylation is 1. The molecule has 1 atom stereocenters. The summed E-state index contributed by atoms with van der Waals surface area (Å²) in [6.45, 7) is 7.93. The molecule has 1 unspecified atom stereocenters. The average molecular weight is 274 g/mol. The summed E-state index contributed by atoms with van der Waals surface area (Å²) in [6, 6.07) is 6.49. The summed E-state index contributed by atoms with van der Waals surface area (Å²) in [5.74, 6) is 0.636. The number of fused-ring (bicyclic) bond motifs is 1. The Labute approximate surface area is 122 Å². The predicted octanol–water partition coefficient (Wildman–Crippen LogP) is 3.00. The van der Waals surface area contributed by atoms with Gasteiger partial charge < -0.3 is 10.6 Å². The highest BCUT2D eigenvalue weighted by atomic mass is 16.1. The van der Waals surface area contributed by atoms with E-state index in [1.165, 1.54) is 23.2 Å². The molecule has 20 heavy (non-hydrogen) atoms. The number of para-hydroxylation sites is 1. The van der Waals surface area contributed by atoms with Crippen LogP contribution in [0.2, 0.25) is 0 Å². The molecular formula is C17H26N2O. The molecule has 3 heteroatoms. The van der Waals surface area contributed by atoms with E-state index < -0.39 is 0 Å². The third kappa shape index (κ3) is 3.53. The fraction of sp³-hybridized carbons (Fsp3) is 0.588. The van der Waals surface area contributed by atoms with Crippen molar-refractivity contribution >= 4 is 11.6 Å². The second-order valence-electron chi connectivity index (χ2n) is 6.06. The van der Waals surface area contributed by atoms with Crippen LogP contribution >= 0.6 is 0 Å². The Hall–Kier alpha value is -1.51. The molecule has 1 amide bonds. The molecule has 1 aliphatic rings. The van der Waals surface area contributed by atoms with Crippen molar-refractivity contribution in [3.63, 3.8) is 0 Å². The van der Waals surface area contributed by atoms with Gasteiger partial charge in [0.15, 0.2) is 0 Å². The number of hydrogen-bond acceptors (Lipinski definition) is 2. The van der Waals surface area contributed by atoms with E-state index in [-0.39, 0.29) is 11.8 Å². The second-order valence-corrected chi connectivity index (χ2v) is 6.06. The van der Waals surface area contributed by atoms with Gasteiger partial charge in [-0.25, -0.2) is 0 Å². The molecule has 0 saturated heterocycles. The highest BCUT2D eigenvalue weighted by Crippen LogP contribution is 2.26. The molecule has 2 rings (SSSR count). The maximum absolute atomic E-state index is 11.9. The van der Waals surface area contributed by atoms with Gasteiger partial charge in [-0.3, -0.25) is 4.79 Å². The molecule has 1 aromatic carbocycles. The zero-order valence-electron chi connectivity index (χ0n) is 12.8. The lowest BCUT2D eigenvalue weighted by Gasteiger charge is -2.21. The molecule has 110 valence electrons. The molecule has 3 nitrogen and oxygen atoms in total. The van der Waals surface area contributed by atoms with Crippen LogP contribution in [0, 0.1) is 11.8 Å². The Morgan fingerprint density at radius 3 is 2.90 bits per heavy atom. The molecular weight excluding hydrogens is 248 g/mol. The minimum absolute atomic E-state index is 0.0813. The van der Waals surface area contributed by atoms with Crippen molar-refractivity contribution in [2.45, 2.75) is 40.0 Å². The first kappa shape index (κ1) is 14.9. The number of amides is 1. The van der Waals surface area contributed by atoms with E-state index in [1.807, 2.05) is 6.92 Å². The van der Waals surface area contributed by atoms with Gasteiger partial charge in [-0.2, -0.15) is 0 Å². The molecule has 0 aliphatic carbocycles. The summed E-state index contributed by atoms with van der Waals surface area (Å²) in [7, 11) is 0. The van der Waals surface area contributed by atoms with Gasteiger partial charge in [0.05, 0.1) is 0 Å². The molecule has 1 heterocycles. The summed E-state index contributed by atoms with van der Waals surface area (Å²) in [4.78, 5) is 11.9. The molecule has 0 saturated carbocycles. The Morgan fingerprint density at radius 2 is 2.15 bits per heavy atom. The van der Waals surface area contributed by atoms with Gasteiger partial charge in [0.2, 0.25) is 5.91 Å². The predicted molar refractivity (Wildman–Crippen MR) is 84.0 cm³/mol. The van der Waals surface area contributed by atoms with Crippen LogP contribution in [0.4, 0.5) is 5.69 Å². The summed E-state index contributed by atoms with van der Waals surface area (Å²) >= 11 is 0. The molecule has 0 radical (unpaired) electrons. The molecule has 0 bridgehead atoms. The first-order valence-corrected chi connectivity index (χ1v) is 7.72. The summed E-state index contributed by atoms with van der Waals surface area (Å²) in [5, 5.41) is 6.55. The minimum Gasteiger partial charge on any atom is -0.385 e. The van der Waals surface area contributed by atoms with Crippen molar-refractivity contribution in [1.29, 1.82) is 0 Å². The van der Waals surface area contributed by atoms with Gasteiger partial charge in [0.1, 0.15) is 0 Å². The zero-order chi connectivity index (χ0) is 14.5. The van der Waals surface area contributed by atoms with Gasteiger partial charge in [-0.15, -0.1) is 0 Å². The Balaban J connectivity index is 1.90. The van der Waals surface area contributed by atoms with Crippen molar-refractivity contribution in [3.05, 3.63) is 29.3 Å². The smallest absolute Gasteiger partial charge is 0.223 e. The van der Waals surface area contributed by atoms with Crippen LogP contribution in [-0.4, -0.2) is 19.0 Å². The van der Waals surface area contributed by atoms with Gasteiger partial charge in [0.25, 0.3) is 0 Å². The van der Waals surface area contributed by atoms with Crippen LogP contribution in [0.1, 0.15) is 38.3 Å². The largest absolute Gasteiger partial charge is 0.385 e. The lowest BCUT2D eigenvalue weighted by molar-refractivity contribution is -0.125. The number of anilines is 1. The van der Waals surface area contributed by atoms with Crippen molar-refractivity contribution in [1.82, 2.24) is 5.32 Å². The normalized spacial score (nSPS) is 15.4. The first-order chi connectivity index (χ1) is 9.59. The van der Waals surface area contributed by atoms with Gasteiger partial charge in [-0.05, 0) is 36.3 Å². The van der Waals surface area contributed by atoms with Crippen LogP contribution in [0.5, 0.6) is 0 Å². The zero-order valence-corrected chi connectivity index (χ0v) is 12.8. The molecule has 0 aromatic heterocycles. The Bertz CT molecular complexity index is 468. The first-order valence-electron chi connectivity index (χ1n) is 7.72. The molecule has 2 N–H and O–H groups in total. The SMILES string of the molecule is CC(C)C(C)C(=O)NCCc1cccc2c1NCCC2. The fourth-order valence-electron chi connectivity index (χ4n) is 2.57. The van der Waals surface area contributed by atoms with E-state index in [4.69, 9.17) is 0 Å². The number of carbonyl (C=O) groups is 1. The van der Waals surface area contributed by atoms with E-state index >= 15 is 0 Å². The summed E-state index contributed by atoms with van der Waals surface area (Å²) in [5.41, 5.74) is 4.03. The quantitative estimate of drug-likeness (QED) is 0.866. The molecule has 1 aliphatic heterocycles. The van der Waals surface area contributed by atoms with E-state index in [2.05, 4.69) is 42.7 Å². The summed E-state index contributed by atoms with van der Waals surface area (Å²) in [6.07, 6.45) is 3.26. The maximum Gasteiger partial charge on any atom is 0.223 e. The van der Waals surface area contributed by atoms with Gasteiger partial charge in [-0.1, -0.05) is 39.0 Å². The third-order valence-corrected chi connectivity index (χ3v) is 4.27.